The topological polar surface area (TPSA) is 52.3 Å². The van der Waals surface area contributed by atoms with Crippen molar-refractivity contribution in [1.29, 1.82) is 0 Å². The Labute approximate surface area is 109 Å². The van der Waals surface area contributed by atoms with E-state index < -0.39 is 6.04 Å². The van der Waals surface area contributed by atoms with Crippen molar-refractivity contribution in [2.24, 2.45) is 5.73 Å². The summed E-state index contributed by atoms with van der Waals surface area (Å²) in [5.74, 6) is -0.336. The van der Waals surface area contributed by atoms with Gasteiger partial charge in [0.15, 0.2) is 0 Å². The molecule has 0 fully saturated rings. The molecule has 18 heavy (non-hydrogen) atoms. The summed E-state index contributed by atoms with van der Waals surface area (Å²) in [6.45, 7) is 2.65. The summed E-state index contributed by atoms with van der Waals surface area (Å²) in [5.41, 5.74) is 6.63. The molecule has 0 saturated heterocycles. The van der Waals surface area contributed by atoms with E-state index in [2.05, 4.69) is 6.92 Å². The van der Waals surface area contributed by atoms with Crippen molar-refractivity contribution in [1.82, 2.24) is 0 Å². The minimum Gasteiger partial charge on any atom is -0.464 e. The van der Waals surface area contributed by atoms with Crippen LogP contribution in [0.3, 0.4) is 0 Å². The van der Waals surface area contributed by atoms with Crippen LogP contribution in [0.4, 0.5) is 0 Å². The lowest BCUT2D eigenvalue weighted by molar-refractivity contribution is -0.145. The highest BCUT2D eigenvalue weighted by Gasteiger charge is 2.16. The minimum atomic E-state index is -0.665. The molecule has 2 N–H and O–H groups in total. The van der Waals surface area contributed by atoms with E-state index >= 15 is 0 Å². The lowest BCUT2D eigenvalue weighted by atomic mass is 10.1. The summed E-state index contributed by atoms with van der Waals surface area (Å²) in [6.07, 6.45) is 5.71. The van der Waals surface area contributed by atoms with E-state index in [0.717, 1.165) is 18.4 Å². The molecule has 1 rings (SSSR count). The highest BCUT2D eigenvalue weighted by atomic mass is 16.5. The van der Waals surface area contributed by atoms with Crippen LogP contribution in [0.5, 0.6) is 0 Å². The number of carbonyl (C=O) groups excluding carboxylic acids is 1. The number of carbonyl (C=O) groups is 1. The molecule has 0 saturated carbocycles. The zero-order valence-corrected chi connectivity index (χ0v) is 11.1. The van der Waals surface area contributed by atoms with Crippen LogP contribution in [0.1, 0.15) is 50.6 Å². The molecule has 0 heterocycles. The first-order valence-electron chi connectivity index (χ1n) is 6.73. The van der Waals surface area contributed by atoms with E-state index in [4.69, 9.17) is 10.5 Å². The zero-order chi connectivity index (χ0) is 13.2. The maximum absolute atomic E-state index is 11.7. The molecule has 0 spiro atoms. The molecule has 0 bridgehead atoms. The van der Waals surface area contributed by atoms with Crippen molar-refractivity contribution in [3.8, 4) is 0 Å². The molecule has 0 aliphatic carbocycles. The predicted molar refractivity (Wildman–Crippen MR) is 73.1 cm³/mol. The Morgan fingerprint density at radius 1 is 1.17 bits per heavy atom. The summed E-state index contributed by atoms with van der Waals surface area (Å²) < 4.78 is 5.17. The van der Waals surface area contributed by atoms with Crippen LogP contribution in [0.25, 0.3) is 0 Å². The number of rotatable bonds is 8. The summed E-state index contributed by atoms with van der Waals surface area (Å²) >= 11 is 0. The van der Waals surface area contributed by atoms with Crippen LogP contribution < -0.4 is 5.73 Å². The molecule has 0 aromatic heterocycles. The average molecular weight is 249 g/mol. The fourth-order valence-electron chi connectivity index (χ4n) is 1.76. The van der Waals surface area contributed by atoms with Crippen molar-refractivity contribution in [3.63, 3.8) is 0 Å². The normalized spacial score (nSPS) is 12.1. The van der Waals surface area contributed by atoms with Crippen molar-refractivity contribution >= 4 is 5.97 Å². The lowest BCUT2D eigenvalue weighted by Crippen LogP contribution is -2.24. The smallest absolute Gasteiger partial charge is 0.327 e. The SMILES string of the molecule is CCCCCCCOC(=O)[C@H](N)c1ccccc1. The number of hydrogen-bond acceptors (Lipinski definition) is 3. The van der Waals surface area contributed by atoms with Gasteiger partial charge in [-0.15, -0.1) is 0 Å². The van der Waals surface area contributed by atoms with E-state index in [1.54, 1.807) is 0 Å². The third-order valence-corrected chi connectivity index (χ3v) is 2.90. The molecule has 0 amide bonds. The van der Waals surface area contributed by atoms with E-state index in [1.807, 2.05) is 30.3 Å². The number of nitrogens with two attached hydrogens (primary N) is 1. The molecule has 3 nitrogen and oxygen atoms in total. The van der Waals surface area contributed by atoms with Crippen molar-refractivity contribution in [2.75, 3.05) is 6.61 Å². The van der Waals surface area contributed by atoms with Crippen LogP contribution in [-0.2, 0) is 9.53 Å². The highest BCUT2D eigenvalue weighted by molar-refractivity contribution is 5.77. The van der Waals surface area contributed by atoms with E-state index in [0.29, 0.717) is 6.61 Å². The molecule has 0 aliphatic heterocycles. The maximum Gasteiger partial charge on any atom is 0.327 e. The standard InChI is InChI=1S/C15H23NO2/c1-2-3-4-5-9-12-18-15(17)14(16)13-10-7-6-8-11-13/h6-8,10-11,14H,2-5,9,12,16H2,1H3/t14-/m1/s1. The Hall–Kier alpha value is -1.35. The monoisotopic (exact) mass is 249 g/mol. The molecular weight excluding hydrogens is 226 g/mol. The van der Waals surface area contributed by atoms with Gasteiger partial charge in [-0.1, -0.05) is 62.9 Å². The van der Waals surface area contributed by atoms with Crippen molar-refractivity contribution in [3.05, 3.63) is 35.9 Å². The quantitative estimate of drug-likeness (QED) is 0.568. The molecule has 100 valence electrons. The van der Waals surface area contributed by atoms with Crippen LogP contribution in [0, 0.1) is 0 Å². The molecule has 0 unspecified atom stereocenters. The first-order valence-corrected chi connectivity index (χ1v) is 6.73. The number of hydrogen-bond donors (Lipinski definition) is 1. The van der Waals surface area contributed by atoms with Crippen LogP contribution >= 0.6 is 0 Å². The highest BCUT2D eigenvalue weighted by Crippen LogP contribution is 2.11. The van der Waals surface area contributed by atoms with Gasteiger partial charge in [0.1, 0.15) is 6.04 Å². The van der Waals surface area contributed by atoms with Gasteiger partial charge in [0.25, 0.3) is 0 Å². The molecule has 1 aromatic carbocycles. The summed E-state index contributed by atoms with van der Waals surface area (Å²) in [6, 6.07) is 8.65. The summed E-state index contributed by atoms with van der Waals surface area (Å²) in [4.78, 5) is 11.7. The number of ether oxygens (including phenoxy) is 1. The van der Waals surface area contributed by atoms with Gasteiger partial charge in [-0.05, 0) is 12.0 Å². The number of benzene rings is 1. The van der Waals surface area contributed by atoms with Gasteiger partial charge in [-0.3, -0.25) is 0 Å². The Morgan fingerprint density at radius 2 is 1.83 bits per heavy atom. The number of esters is 1. The molecule has 1 aromatic rings. The second-order valence-electron chi connectivity index (χ2n) is 4.47. The Morgan fingerprint density at radius 3 is 2.50 bits per heavy atom. The fraction of sp³-hybridized carbons (Fsp3) is 0.533. The molecule has 0 radical (unpaired) electrons. The minimum absolute atomic E-state index is 0.336. The van der Waals surface area contributed by atoms with Gasteiger partial charge in [0.05, 0.1) is 6.61 Å². The van der Waals surface area contributed by atoms with Crippen LogP contribution in [0.2, 0.25) is 0 Å². The first kappa shape index (κ1) is 14.7. The second kappa shape index (κ2) is 8.70. The molecule has 3 heteroatoms. The summed E-state index contributed by atoms with van der Waals surface area (Å²) in [7, 11) is 0. The Kier molecular flexibility index (Phi) is 7.11. The van der Waals surface area contributed by atoms with Gasteiger partial charge in [-0.2, -0.15) is 0 Å². The van der Waals surface area contributed by atoms with Crippen LogP contribution in [-0.4, -0.2) is 12.6 Å². The third-order valence-electron chi connectivity index (χ3n) is 2.90. The van der Waals surface area contributed by atoms with Gasteiger partial charge in [-0.25, -0.2) is 4.79 Å². The van der Waals surface area contributed by atoms with Gasteiger partial charge < -0.3 is 10.5 Å². The summed E-state index contributed by atoms with van der Waals surface area (Å²) in [5, 5.41) is 0. The predicted octanol–water partition coefficient (Wildman–Crippen LogP) is 3.20. The number of unbranched alkanes of at least 4 members (excludes halogenated alkanes) is 4. The van der Waals surface area contributed by atoms with Gasteiger partial charge in [0.2, 0.25) is 0 Å². The van der Waals surface area contributed by atoms with Gasteiger partial charge in [0, 0.05) is 0 Å². The largest absolute Gasteiger partial charge is 0.464 e. The van der Waals surface area contributed by atoms with E-state index in [1.165, 1.54) is 19.3 Å². The Bertz CT molecular complexity index is 338. The third kappa shape index (κ3) is 5.32. The average Bonchev–Trinajstić information content (AvgIpc) is 2.42. The van der Waals surface area contributed by atoms with Crippen molar-refractivity contribution in [2.45, 2.75) is 45.1 Å². The maximum atomic E-state index is 11.7. The van der Waals surface area contributed by atoms with Crippen molar-refractivity contribution < 1.29 is 9.53 Å². The van der Waals surface area contributed by atoms with Crippen LogP contribution in [0.15, 0.2) is 30.3 Å². The molecule has 1 atom stereocenters. The molecular formula is C15H23NO2. The molecule has 0 aliphatic rings. The van der Waals surface area contributed by atoms with E-state index in [-0.39, 0.29) is 5.97 Å². The fourth-order valence-corrected chi connectivity index (χ4v) is 1.76. The van der Waals surface area contributed by atoms with Gasteiger partial charge >= 0.3 is 5.97 Å². The Balaban J connectivity index is 2.20. The van der Waals surface area contributed by atoms with E-state index in [9.17, 15) is 4.79 Å². The second-order valence-corrected chi connectivity index (χ2v) is 4.47. The zero-order valence-electron chi connectivity index (χ0n) is 11.1. The lowest BCUT2D eigenvalue weighted by Gasteiger charge is -2.11. The first-order chi connectivity index (χ1) is 8.75.